The number of nitrogens with zero attached hydrogens (tertiary/aromatic N) is 3. The zero-order chi connectivity index (χ0) is 19.4. The molecule has 1 amide bonds. The zero-order valence-corrected chi connectivity index (χ0v) is 17.0. The molecule has 1 aromatic carbocycles. The van der Waals surface area contributed by atoms with Crippen LogP contribution in [-0.2, 0) is 14.8 Å². The van der Waals surface area contributed by atoms with E-state index in [1.165, 1.54) is 10.6 Å². The van der Waals surface area contributed by atoms with E-state index in [2.05, 4.69) is 4.90 Å². The first-order valence-corrected chi connectivity index (χ1v) is 11.4. The number of carbonyl (C=O) groups is 1. The van der Waals surface area contributed by atoms with Crippen molar-refractivity contribution in [3.63, 3.8) is 0 Å². The molecule has 2 fully saturated rings. The molecule has 2 aliphatic rings. The molecule has 8 heteroatoms. The third kappa shape index (κ3) is 4.73. The van der Waals surface area contributed by atoms with Gasteiger partial charge in [0.15, 0.2) is 0 Å². The van der Waals surface area contributed by atoms with E-state index in [0.717, 1.165) is 37.1 Å². The molecule has 1 aromatic rings. The highest BCUT2D eigenvalue weighted by Crippen LogP contribution is 2.29. The highest BCUT2D eigenvalue weighted by Gasteiger charge is 2.33. The summed E-state index contributed by atoms with van der Waals surface area (Å²) in [5, 5.41) is 0. The van der Waals surface area contributed by atoms with Crippen LogP contribution in [0.3, 0.4) is 0 Å². The molecule has 7 nitrogen and oxygen atoms in total. The minimum absolute atomic E-state index is 0.0289. The molecule has 3 rings (SSSR count). The number of amides is 1. The Hall–Kier alpha value is -1.80. The topological polar surface area (TPSA) is 70.2 Å². The molecular weight excluding hydrogens is 366 g/mol. The average molecular weight is 396 g/mol. The third-order valence-corrected chi connectivity index (χ3v) is 6.79. The molecule has 0 unspecified atom stereocenters. The van der Waals surface area contributed by atoms with Crippen molar-refractivity contribution >= 4 is 21.6 Å². The summed E-state index contributed by atoms with van der Waals surface area (Å²) in [7, 11) is -1.73. The molecule has 1 aliphatic heterocycles. The van der Waals surface area contributed by atoms with Gasteiger partial charge >= 0.3 is 0 Å². The molecule has 0 N–H and O–H groups in total. The Morgan fingerprint density at radius 2 is 1.78 bits per heavy atom. The molecular formula is C19H29N3O4S. The van der Waals surface area contributed by atoms with Gasteiger partial charge in [-0.25, -0.2) is 8.42 Å². The fraction of sp³-hybridized carbons (Fsp3) is 0.632. The quantitative estimate of drug-likeness (QED) is 0.731. The van der Waals surface area contributed by atoms with Crippen LogP contribution in [0.5, 0.6) is 5.75 Å². The summed E-state index contributed by atoms with van der Waals surface area (Å²) in [6, 6.07) is 7.82. The van der Waals surface area contributed by atoms with Gasteiger partial charge in [0.05, 0.1) is 25.6 Å². The van der Waals surface area contributed by atoms with E-state index >= 15 is 0 Å². The Morgan fingerprint density at radius 3 is 2.37 bits per heavy atom. The standard InChI is InChI=1S/C19H29N3O4S/c1-26-18-10-6-5-9-17(18)20-11-13-21(14-12-20)19(23)15-22(27(2,24)25)16-7-3-4-8-16/h5-6,9-10,16H,3-4,7-8,11-15H2,1-2H3. The van der Waals surface area contributed by atoms with Crippen molar-refractivity contribution in [2.45, 2.75) is 31.7 Å². The van der Waals surface area contributed by atoms with E-state index in [-0.39, 0.29) is 18.5 Å². The van der Waals surface area contributed by atoms with E-state index in [1.54, 1.807) is 12.0 Å². The van der Waals surface area contributed by atoms with Crippen LogP contribution in [0, 0.1) is 0 Å². The predicted octanol–water partition coefficient (Wildman–Crippen LogP) is 1.55. The number of methoxy groups -OCH3 is 1. The largest absolute Gasteiger partial charge is 0.495 e. The smallest absolute Gasteiger partial charge is 0.238 e. The molecule has 1 aliphatic carbocycles. The summed E-state index contributed by atoms with van der Waals surface area (Å²) >= 11 is 0. The van der Waals surface area contributed by atoms with Crippen LogP contribution >= 0.6 is 0 Å². The van der Waals surface area contributed by atoms with Crippen molar-refractivity contribution < 1.29 is 17.9 Å². The zero-order valence-electron chi connectivity index (χ0n) is 16.1. The summed E-state index contributed by atoms with van der Waals surface area (Å²) < 4.78 is 31.2. The van der Waals surface area contributed by atoms with E-state index < -0.39 is 10.0 Å². The van der Waals surface area contributed by atoms with Gasteiger partial charge in [-0.2, -0.15) is 4.31 Å². The van der Waals surface area contributed by atoms with Crippen LogP contribution in [0.2, 0.25) is 0 Å². The summed E-state index contributed by atoms with van der Waals surface area (Å²) in [6.45, 7) is 2.53. The van der Waals surface area contributed by atoms with E-state index in [9.17, 15) is 13.2 Å². The Kier molecular flexibility index (Phi) is 6.26. The normalized spacial score (nSPS) is 18.9. The Morgan fingerprint density at radius 1 is 1.15 bits per heavy atom. The SMILES string of the molecule is COc1ccccc1N1CCN(C(=O)CN(C2CCCC2)S(C)(=O)=O)CC1. The van der Waals surface area contributed by atoms with Crippen LogP contribution in [0.25, 0.3) is 0 Å². The fourth-order valence-electron chi connectivity index (χ4n) is 4.03. The molecule has 0 radical (unpaired) electrons. The number of benzene rings is 1. The maximum absolute atomic E-state index is 12.8. The Labute approximate surface area is 161 Å². The number of sulfonamides is 1. The number of hydrogen-bond donors (Lipinski definition) is 0. The van der Waals surface area contributed by atoms with Crippen molar-refractivity contribution in [1.82, 2.24) is 9.21 Å². The number of carbonyl (C=O) groups excluding carboxylic acids is 1. The first-order valence-electron chi connectivity index (χ1n) is 9.52. The lowest BCUT2D eigenvalue weighted by molar-refractivity contribution is -0.132. The second kappa shape index (κ2) is 8.48. The van der Waals surface area contributed by atoms with Gasteiger partial charge in [-0.1, -0.05) is 25.0 Å². The maximum atomic E-state index is 12.8. The molecule has 0 atom stereocenters. The minimum atomic E-state index is -3.39. The number of hydrogen-bond acceptors (Lipinski definition) is 5. The number of rotatable bonds is 6. The molecule has 150 valence electrons. The van der Waals surface area contributed by atoms with Crippen LogP contribution in [0.15, 0.2) is 24.3 Å². The summed E-state index contributed by atoms with van der Waals surface area (Å²) in [4.78, 5) is 16.7. The number of para-hydroxylation sites is 2. The Bertz CT molecular complexity index is 754. The van der Waals surface area contributed by atoms with Crippen molar-refractivity contribution in [1.29, 1.82) is 0 Å². The monoisotopic (exact) mass is 395 g/mol. The van der Waals surface area contributed by atoms with Crippen molar-refractivity contribution in [2.24, 2.45) is 0 Å². The van der Waals surface area contributed by atoms with Gasteiger partial charge in [-0.15, -0.1) is 0 Å². The van der Waals surface area contributed by atoms with Crippen LogP contribution in [-0.4, -0.2) is 75.7 Å². The van der Waals surface area contributed by atoms with Gasteiger partial charge in [0.1, 0.15) is 5.75 Å². The van der Waals surface area contributed by atoms with E-state index in [1.807, 2.05) is 24.3 Å². The van der Waals surface area contributed by atoms with Gasteiger partial charge in [0, 0.05) is 32.2 Å². The molecule has 1 heterocycles. The lowest BCUT2D eigenvalue weighted by Crippen LogP contribution is -2.53. The van der Waals surface area contributed by atoms with Crippen molar-refractivity contribution in [3.8, 4) is 5.75 Å². The predicted molar refractivity (Wildman–Crippen MR) is 106 cm³/mol. The second-order valence-corrected chi connectivity index (χ2v) is 9.22. The van der Waals surface area contributed by atoms with Crippen LogP contribution in [0.4, 0.5) is 5.69 Å². The molecule has 1 saturated carbocycles. The van der Waals surface area contributed by atoms with Crippen LogP contribution < -0.4 is 9.64 Å². The average Bonchev–Trinajstić information content (AvgIpc) is 3.19. The second-order valence-electron chi connectivity index (χ2n) is 7.29. The maximum Gasteiger partial charge on any atom is 0.238 e. The third-order valence-electron chi connectivity index (χ3n) is 5.51. The first kappa shape index (κ1) is 19.9. The van der Waals surface area contributed by atoms with Gasteiger partial charge in [0.2, 0.25) is 15.9 Å². The van der Waals surface area contributed by atoms with Crippen LogP contribution in [0.1, 0.15) is 25.7 Å². The molecule has 0 bridgehead atoms. The number of piperazine rings is 1. The lowest BCUT2D eigenvalue weighted by atomic mass is 10.2. The number of anilines is 1. The van der Waals surface area contributed by atoms with E-state index in [4.69, 9.17) is 4.74 Å². The molecule has 1 saturated heterocycles. The van der Waals surface area contributed by atoms with Gasteiger partial charge in [-0.3, -0.25) is 4.79 Å². The van der Waals surface area contributed by atoms with E-state index in [0.29, 0.717) is 26.2 Å². The van der Waals surface area contributed by atoms with Gasteiger partial charge < -0.3 is 14.5 Å². The molecule has 0 aromatic heterocycles. The van der Waals surface area contributed by atoms with Crippen molar-refractivity contribution in [2.75, 3.05) is 51.0 Å². The summed E-state index contributed by atoms with van der Waals surface area (Å²) in [5.41, 5.74) is 1.02. The molecule has 0 spiro atoms. The number of ether oxygens (including phenoxy) is 1. The fourth-order valence-corrected chi connectivity index (χ4v) is 5.13. The molecule has 27 heavy (non-hydrogen) atoms. The Balaban J connectivity index is 1.61. The minimum Gasteiger partial charge on any atom is -0.495 e. The van der Waals surface area contributed by atoms with Crippen molar-refractivity contribution in [3.05, 3.63) is 24.3 Å². The highest BCUT2D eigenvalue weighted by molar-refractivity contribution is 7.88. The van der Waals surface area contributed by atoms with Gasteiger partial charge in [-0.05, 0) is 25.0 Å². The summed E-state index contributed by atoms with van der Waals surface area (Å²) in [5.74, 6) is 0.716. The first-order chi connectivity index (χ1) is 12.9. The lowest BCUT2D eigenvalue weighted by Gasteiger charge is -2.37. The summed E-state index contributed by atoms with van der Waals surface area (Å²) in [6.07, 6.45) is 4.97. The van der Waals surface area contributed by atoms with Gasteiger partial charge in [0.25, 0.3) is 0 Å². The highest BCUT2D eigenvalue weighted by atomic mass is 32.2.